The molecule has 124 valence electrons. The zero-order valence-corrected chi connectivity index (χ0v) is 14.1. The van der Waals surface area contributed by atoms with Crippen molar-refractivity contribution in [3.05, 3.63) is 47.9 Å². The lowest BCUT2D eigenvalue weighted by Gasteiger charge is -2.14. The van der Waals surface area contributed by atoms with Crippen molar-refractivity contribution in [1.82, 2.24) is 9.97 Å². The van der Waals surface area contributed by atoms with Gasteiger partial charge >= 0.3 is 0 Å². The second-order valence-corrected chi connectivity index (χ2v) is 5.79. The van der Waals surface area contributed by atoms with Crippen LogP contribution < -0.4 is 9.47 Å². The number of hydrogen-bond acceptors (Lipinski definition) is 4. The van der Waals surface area contributed by atoms with Crippen LogP contribution in [0.3, 0.4) is 0 Å². The van der Waals surface area contributed by atoms with Gasteiger partial charge in [0.2, 0.25) is 0 Å². The van der Waals surface area contributed by atoms with Crippen LogP contribution in [0.2, 0.25) is 0 Å². The summed E-state index contributed by atoms with van der Waals surface area (Å²) in [6.07, 6.45) is 0. The molecule has 3 rings (SSSR count). The zero-order chi connectivity index (χ0) is 17.3. The van der Waals surface area contributed by atoms with Crippen LogP contribution in [0.1, 0.15) is 25.5 Å². The van der Waals surface area contributed by atoms with Crippen LogP contribution in [0.15, 0.2) is 36.4 Å². The fraction of sp³-hybridized carbons (Fsp3) is 0.263. The molecule has 2 aromatic carbocycles. The summed E-state index contributed by atoms with van der Waals surface area (Å²) < 4.78 is 24.9. The lowest BCUT2D eigenvalue weighted by atomic mass is 10.0. The van der Waals surface area contributed by atoms with Gasteiger partial charge in [0.1, 0.15) is 5.82 Å². The summed E-state index contributed by atoms with van der Waals surface area (Å²) in [5.74, 6) is 1.38. The van der Waals surface area contributed by atoms with E-state index in [-0.39, 0.29) is 11.7 Å². The van der Waals surface area contributed by atoms with Crippen LogP contribution in [0.4, 0.5) is 4.39 Å². The largest absolute Gasteiger partial charge is 0.493 e. The fourth-order valence-corrected chi connectivity index (χ4v) is 2.68. The summed E-state index contributed by atoms with van der Waals surface area (Å²) in [6.45, 7) is 4.09. The first-order valence-corrected chi connectivity index (χ1v) is 7.73. The topological polar surface area (TPSA) is 44.2 Å². The van der Waals surface area contributed by atoms with Crippen LogP contribution in [0.5, 0.6) is 11.5 Å². The molecule has 0 unspecified atom stereocenters. The van der Waals surface area contributed by atoms with Gasteiger partial charge in [0.15, 0.2) is 17.3 Å². The maximum atomic E-state index is 14.1. The number of fused-ring (bicyclic) bond motifs is 1. The van der Waals surface area contributed by atoms with E-state index in [4.69, 9.17) is 9.47 Å². The summed E-state index contributed by atoms with van der Waals surface area (Å²) in [5, 5.41) is 0.878. The molecule has 1 aromatic heterocycles. The van der Waals surface area contributed by atoms with E-state index < -0.39 is 0 Å². The number of hydrogen-bond donors (Lipinski definition) is 0. The van der Waals surface area contributed by atoms with E-state index in [1.807, 2.05) is 19.9 Å². The Labute approximate surface area is 140 Å². The van der Waals surface area contributed by atoms with Gasteiger partial charge in [-0.2, -0.15) is 0 Å². The Morgan fingerprint density at radius 1 is 0.958 bits per heavy atom. The normalized spacial score (nSPS) is 11.1. The Balaban J connectivity index is 2.33. The number of rotatable bonds is 4. The van der Waals surface area contributed by atoms with Gasteiger partial charge in [0.25, 0.3) is 0 Å². The third-order valence-corrected chi connectivity index (χ3v) is 3.89. The summed E-state index contributed by atoms with van der Waals surface area (Å²) in [5.41, 5.74) is 1.93. The molecule has 0 atom stereocenters. The predicted molar refractivity (Wildman–Crippen MR) is 92.1 cm³/mol. The van der Waals surface area contributed by atoms with Gasteiger partial charge in [-0.3, -0.25) is 0 Å². The van der Waals surface area contributed by atoms with Gasteiger partial charge in [-0.05, 0) is 24.1 Å². The molecule has 4 nitrogen and oxygen atoms in total. The quantitative estimate of drug-likeness (QED) is 0.704. The van der Waals surface area contributed by atoms with Crippen molar-refractivity contribution in [2.45, 2.75) is 19.8 Å². The van der Waals surface area contributed by atoms with Gasteiger partial charge in [-0.25, -0.2) is 14.4 Å². The molecule has 0 saturated carbocycles. The van der Waals surface area contributed by atoms with Crippen molar-refractivity contribution in [3.8, 4) is 22.9 Å². The van der Waals surface area contributed by atoms with Gasteiger partial charge in [0.05, 0.1) is 31.0 Å². The predicted octanol–water partition coefficient (Wildman–Crippen LogP) is 4.58. The molecule has 0 spiro atoms. The van der Waals surface area contributed by atoms with Gasteiger partial charge < -0.3 is 9.47 Å². The minimum Gasteiger partial charge on any atom is -0.493 e. The van der Waals surface area contributed by atoms with E-state index in [0.29, 0.717) is 28.4 Å². The summed E-state index contributed by atoms with van der Waals surface area (Å²) >= 11 is 0. The molecule has 0 bridgehead atoms. The number of nitrogens with zero attached hydrogens (tertiary/aromatic N) is 2. The highest BCUT2D eigenvalue weighted by atomic mass is 19.1. The van der Waals surface area contributed by atoms with Gasteiger partial charge in [0, 0.05) is 11.5 Å². The highest BCUT2D eigenvalue weighted by Gasteiger charge is 2.17. The Morgan fingerprint density at radius 3 is 2.25 bits per heavy atom. The van der Waals surface area contributed by atoms with Crippen LogP contribution in [0, 0.1) is 5.82 Å². The number of methoxy groups -OCH3 is 2. The van der Waals surface area contributed by atoms with E-state index >= 15 is 0 Å². The molecule has 5 heteroatoms. The summed E-state index contributed by atoms with van der Waals surface area (Å²) in [6, 6.07) is 10.2. The van der Waals surface area contributed by atoms with E-state index in [2.05, 4.69) is 9.97 Å². The summed E-state index contributed by atoms with van der Waals surface area (Å²) in [7, 11) is 3.17. The molecule has 3 aromatic rings. The Hall–Kier alpha value is -2.69. The van der Waals surface area contributed by atoms with E-state index in [1.165, 1.54) is 6.07 Å². The van der Waals surface area contributed by atoms with Crippen molar-refractivity contribution < 1.29 is 13.9 Å². The van der Waals surface area contributed by atoms with E-state index in [0.717, 1.165) is 11.1 Å². The Bertz CT molecular complexity index is 894. The molecule has 0 aliphatic rings. The smallest absolute Gasteiger partial charge is 0.163 e. The van der Waals surface area contributed by atoms with Crippen molar-refractivity contribution in [1.29, 1.82) is 0 Å². The highest BCUT2D eigenvalue weighted by Crippen LogP contribution is 2.35. The first-order valence-electron chi connectivity index (χ1n) is 7.73. The Morgan fingerprint density at radius 2 is 1.62 bits per heavy atom. The van der Waals surface area contributed by atoms with Crippen molar-refractivity contribution >= 4 is 10.9 Å². The Kier molecular flexibility index (Phi) is 4.34. The second kappa shape index (κ2) is 6.43. The fourth-order valence-electron chi connectivity index (χ4n) is 2.68. The van der Waals surface area contributed by atoms with Crippen molar-refractivity contribution in [3.63, 3.8) is 0 Å². The minimum absolute atomic E-state index is 0.152. The van der Waals surface area contributed by atoms with E-state index in [9.17, 15) is 4.39 Å². The lowest BCUT2D eigenvalue weighted by molar-refractivity contribution is 0.355. The zero-order valence-electron chi connectivity index (χ0n) is 14.1. The van der Waals surface area contributed by atoms with Gasteiger partial charge in [-0.15, -0.1) is 0 Å². The molecular weight excluding hydrogens is 307 g/mol. The average Bonchev–Trinajstić information content (AvgIpc) is 2.59. The molecule has 0 fully saturated rings. The number of ether oxygens (including phenoxy) is 2. The van der Waals surface area contributed by atoms with Crippen molar-refractivity contribution in [2.24, 2.45) is 0 Å². The molecular formula is C19H19FN2O2. The van der Waals surface area contributed by atoms with Crippen LogP contribution >= 0.6 is 0 Å². The number of aromatic nitrogens is 2. The third kappa shape index (κ3) is 2.77. The van der Waals surface area contributed by atoms with Crippen LogP contribution in [0.25, 0.3) is 22.3 Å². The molecule has 24 heavy (non-hydrogen) atoms. The second-order valence-electron chi connectivity index (χ2n) is 5.79. The number of halogens is 1. The monoisotopic (exact) mass is 326 g/mol. The average molecular weight is 326 g/mol. The third-order valence-electron chi connectivity index (χ3n) is 3.89. The van der Waals surface area contributed by atoms with Crippen molar-refractivity contribution in [2.75, 3.05) is 14.2 Å². The minimum atomic E-state index is -0.341. The van der Waals surface area contributed by atoms with Crippen LogP contribution in [-0.4, -0.2) is 24.2 Å². The van der Waals surface area contributed by atoms with Gasteiger partial charge in [-0.1, -0.05) is 26.0 Å². The SMILES string of the molecule is COc1cc2nc(-c3ccccc3F)nc(C(C)C)c2cc1OC. The maximum absolute atomic E-state index is 14.1. The van der Waals surface area contributed by atoms with Crippen LogP contribution in [-0.2, 0) is 0 Å². The summed E-state index contributed by atoms with van der Waals surface area (Å²) in [4.78, 5) is 9.16. The van der Waals surface area contributed by atoms with E-state index in [1.54, 1.807) is 38.5 Å². The molecule has 0 amide bonds. The molecule has 0 saturated heterocycles. The molecule has 1 heterocycles. The first kappa shape index (κ1) is 16.2. The highest BCUT2D eigenvalue weighted by molar-refractivity contribution is 5.86. The molecule has 0 aliphatic heterocycles. The first-order chi connectivity index (χ1) is 11.5. The maximum Gasteiger partial charge on any atom is 0.163 e. The molecule has 0 radical (unpaired) electrons. The molecule has 0 aliphatic carbocycles. The lowest BCUT2D eigenvalue weighted by Crippen LogP contribution is -2.02. The number of benzene rings is 2. The standard InChI is InChI=1S/C19H19FN2O2/c1-11(2)18-13-9-16(23-3)17(24-4)10-15(13)21-19(22-18)12-7-5-6-8-14(12)20/h5-11H,1-4H3. The molecule has 0 N–H and O–H groups in total.